The molecule has 0 saturated heterocycles. The monoisotopic (exact) mass is 285 g/mol. The van der Waals surface area contributed by atoms with E-state index >= 15 is 0 Å². The molecule has 2 aromatic rings. The Morgan fingerprint density at radius 2 is 1.78 bits per heavy atom. The first-order chi connectivity index (χ1) is 8.58. The van der Waals surface area contributed by atoms with Gasteiger partial charge in [0.05, 0.1) is 5.02 Å². The summed E-state index contributed by atoms with van der Waals surface area (Å²) in [5.41, 5.74) is 5.78. The van der Waals surface area contributed by atoms with Gasteiger partial charge < -0.3 is 5.73 Å². The number of nitrogen functional groups attached to an aromatic ring is 1. The number of alkyl halides is 2. The molecule has 94 valence electrons. The van der Waals surface area contributed by atoms with E-state index in [0.717, 1.165) is 4.90 Å². The van der Waals surface area contributed by atoms with Crippen molar-refractivity contribution < 1.29 is 8.78 Å². The molecular formula is C13H10ClF2NS. The van der Waals surface area contributed by atoms with Gasteiger partial charge in [-0.2, -0.15) is 0 Å². The molecule has 0 amide bonds. The Morgan fingerprint density at radius 3 is 2.44 bits per heavy atom. The minimum absolute atomic E-state index is 0.0695. The quantitative estimate of drug-likeness (QED) is 0.802. The molecule has 0 bridgehead atoms. The molecule has 2 N–H and O–H groups in total. The number of benzene rings is 2. The third-order valence-corrected chi connectivity index (χ3v) is 3.93. The van der Waals surface area contributed by atoms with E-state index in [0.29, 0.717) is 15.6 Å². The summed E-state index contributed by atoms with van der Waals surface area (Å²) in [5.74, 6) is 0. The molecule has 2 aromatic carbocycles. The third kappa shape index (κ3) is 2.94. The van der Waals surface area contributed by atoms with Crippen LogP contribution in [0.25, 0.3) is 0 Å². The maximum atomic E-state index is 12.9. The molecule has 0 aliphatic heterocycles. The maximum absolute atomic E-state index is 12.9. The highest BCUT2D eigenvalue weighted by Crippen LogP contribution is 2.38. The lowest BCUT2D eigenvalue weighted by atomic mass is 10.2. The fraction of sp³-hybridized carbons (Fsp3) is 0.0769. The average molecular weight is 286 g/mol. The van der Waals surface area contributed by atoms with Crippen LogP contribution < -0.4 is 5.73 Å². The number of hydrogen-bond donors (Lipinski definition) is 1. The molecule has 0 saturated carbocycles. The molecule has 0 aromatic heterocycles. The fourth-order valence-corrected chi connectivity index (χ4v) is 2.68. The van der Waals surface area contributed by atoms with E-state index < -0.39 is 6.43 Å². The molecule has 0 radical (unpaired) electrons. The Labute approximate surface area is 113 Å². The van der Waals surface area contributed by atoms with Crippen molar-refractivity contribution in [2.24, 2.45) is 0 Å². The summed E-state index contributed by atoms with van der Waals surface area (Å²) >= 11 is 7.21. The van der Waals surface area contributed by atoms with Crippen molar-refractivity contribution in [3.63, 3.8) is 0 Å². The molecule has 0 heterocycles. The predicted octanol–water partition coefficient (Wildman–Crippen LogP) is 5.01. The minimum Gasteiger partial charge on any atom is -0.399 e. The molecule has 2 rings (SSSR count). The SMILES string of the molecule is Nc1ccc(Sc2ccccc2Cl)c(C(F)F)c1. The smallest absolute Gasteiger partial charge is 0.265 e. The summed E-state index contributed by atoms with van der Waals surface area (Å²) in [6, 6.07) is 11.6. The summed E-state index contributed by atoms with van der Waals surface area (Å²) < 4.78 is 25.8. The number of nitrogens with two attached hydrogens (primary N) is 1. The largest absolute Gasteiger partial charge is 0.399 e. The van der Waals surface area contributed by atoms with Gasteiger partial charge in [0.2, 0.25) is 0 Å². The number of rotatable bonds is 3. The van der Waals surface area contributed by atoms with Gasteiger partial charge in [0.15, 0.2) is 0 Å². The normalized spacial score (nSPS) is 10.9. The van der Waals surface area contributed by atoms with E-state index in [-0.39, 0.29) is 5.56 Å². The van der Waals surface area contributed by atoms with E-state index in [1.165, 1.54) is 17.8 Å². The predicted molar refractivity (Wildman–Crippen MR) is 71.4 cm³/mol. The highest BCUT2D eigenvalue weighted by atomic mass is 35.5. The molecule has 18 heavy (non-hydrogen) atoms. The minimum atomic E-state index is -2.56. The van der Waals surface area contributed by atoms with Crippen LogP contribution in [0.5, 0.6) is 0 Å². The maximum Gasteiger partial charge on any atom is 0.265 e. The zero-order chi connectivity index (χ0) is 13.1. The summed E-state index contributed by atoms with van der Waals surface area (Å²) in [6.07, 6.45) is -2.56. The first-order valence-electron chi connectivity index (χ1n) is 5.18. The van der Waals surface area contributed by atoms with E-state index in [4.69, 9.17) is 17.3 Å². The standard InChI is InChI=1S/C13H10ClF2NS/c14-10-3-1-2-4-12(10)18-11-6-5-8(17)7-9(11)13(15)16/h1-7,13H,17H2. The van der Waals surface area contributed by atoms with Gasteiger partial charge in [-0.1, -0.05) is 35.5 Å². The van der Waals surface area contributed by atoms with Crippen LogP contribution >= 0.6 is 23.4 Å². The van der Waals surface area contributed by atoms with Gasteiger partial charge in [0.1, 0.15) is 0 Å². The lowest BCUT2D eigenvalue weighted by Gasteiger charge is -2.10. The van der Waals surface area contributed by atoms with Crippen LogP contribution in [-0.2, 0) is 0 Å². The molecule has 0 unspecified atom stereocenters. The Balaban J connectivity index is 2.37. The molecule has 0 atom stereocenters. The Hall–Kier alpha value is -1.26. The second-order valence-electron chi connectivity index (χ2n) is 3.63. The van der Waals surface area contributed by atoms with Crippen molar-refractivity contribution >= 4 is 29.1 Å². The van der Waals surface area contributed by atoms with E-state index in [2.05, 4.69) is 0 Å². The fourth-order valence-electron chi connectivity index (χ4n) is 1.48. The third-order valence-electron chi connectivity index (χ3n) is 2.33. The second-order valence-corrected chi connectivity index (χ2v) is 5.12. The van der Waals surface area contributed by atoms with Crippen LogP contribution in [0, 0.1) is 0 Å². The van der Waals surface area contributed by atoms with Crippen molar-refractivity contribution in [3.05, 3.63) is 53.1 Å². The summed E-state index contributed by atoms with van der Waals surface area (Å²) in [4.78, 5) is 1.21. The Bertz CT molecular complexity index is 560. The molecular weight excluding hydrogens is 276 g/mol. The average Bonchev–Trinajstić information content (AvgIpc) is 2.34. The van der Waals surface area contributed by atoms with Crippen molar-refractivity contribution in [2.75, 3.05) is 5.73 Å². The van der Waals surface area contributed by atoms with Gasteiger partial charge in [-0.3, -0.25) is 0 Å². The van der Waals surface area contributed by atoms with Crippen molar-refractivity contribution in [2.45, 2.75) is 16.2 Å². The first kappa shape index (κ1) is 13.2. The molecule has 0 aliphatic rings. The van der Waals surface area contributed by atoms with Gasteiger partial charge in [0, 0.05) is 21.0 Å². The van der Waals surface area contributed by atoms with E-state index in [1.807, 2.05) is 6.07 Å². The van der Waals surface area contributed by atoms with Crippen LogP contribution in [0.3, 0.4) is 0 Å². The van der Waals surface area contributed by atoms with Crippen LogP contribution in [0.4, 0.5) is 14.5 Å². The lowest BCUT2D eigenvalue weighted by molar-refractivity contribution is 0.148. The van der Waals surface area contributed by atoms with Gasteiger partial charge in [-0.05, 0) is 30.3 Å². The summed E-state index contributed by atoms with van der Waals surface area (Å²) in [7, 11) is 0. The van der Waals surface area contributed by atoms with Crippen molar-refractivity contribution in [3.8, 4) is 0 Å². The summed E-state index contributed by atoms with van der Waals surface area (Å²) in [6.45, 7) is 0. The molecule has 0 spiro atoms. The molecule has 1 nitrogen and oxygen atoms in total. The zero-order valence-corrected chi connectivity index (χ0v) is 10.8. The lowest BCUT2D eigenvalue weighted by Crippen LogP contribution is -1.92. The van der Waals surface area contributed by atoms with Gasteiger partial charge in [-0.15, -0.1) is 0 Å². The van der Waals surface area contributed by atoms with Gasteiger partial charge in [0.25, 0.3) is 6.43 Å². The highest BCUT2D eigenvalue weighted by Gasteiger charge is 2.15. The van der Waals surface area contributed by atoms with Crippen LogP contribution in [0.1, 0.15) is 12.0 Å². The molecule has 0 aliphatic carbocycles. The highest BCUT2D eigenvalue weighted by molar-refractivity contribution is 7.99. The number of anilines is 1. The molecule has 0 fully saturated rings. The summed E-state index contributed by atoms with van der Waals surface area (Å²) in [5, 5.41) is 0.541. The van der Waals surface area contributed by atoms with E-state index in [1.54, 1.807) is 30.3 Å². The zero-order valence-electron chi connectivity index (χ0n) is 9.24. The van der Waals surface area contributed by atoms with Crippen LogP contribution in [0.15, 0.2) is 52.3 Å². The van der Waals surface area contributed by atoms with Crippen LogP contribution in [0.2, 0.25) is 5.02 Å². The van der Waals surface area contributed by atoms with E-state index in [9.17, 15) is 8.78 Å². The second kappa shape index (κ2) is 5.59. The van der Waals surface area contributed by atoms with Gasteiger partial charge >= 0.3 is 0 Å². The Kier molecular flexibility index (Phi) is 4.09. The number of hydrogen-bond acceptors (Lipinski definition) is 2. The van der Waals surface area contributed by atoms with Crippen molar-refractivity contribution in [1.29, 1.82) is 0 Å². The van der Waals surface area contributed by atoms with Gasteiger partial charge in [-0.25, -0.2) is 8.78 Å². The molecule has 5 heteroatoms. The number of halogens is 3. The Morgan fingerprint density at radius 1 is 1.06 bits per heavy atom. The van der Waals surface area contributed by atoms with Crippen LogP contribution in [-0.4, -0.2) is 0 Å². The van der Waals surface area contributed by atoms with Crippen molar-refractivity contribution in [1.82, 2.24) is 0 Å². The topological polar surface area (TPSA) is 26.0 Å². The first-order valence-corrected chi connectivity index (χ1v) is 6.37.